The van der Waals surface area contributed by atoms with Crippen molar-refractivity contribution in [3.63, 3.8) is 0 Å². The van der Waals surface area contributed by atoms with Crippen molar-refractivity contribution in [2.45, 2.75) is 6.43 Å². The summed E-state index contributed by atoms with van der Waals surface area (Å²) in [4.78, 5) is 12.0. The lowest BCUT2D eigenvalue weighted by molar-refractivity contribution is 0.140. The number of aromatic amines is 1. The van der Waals surface area contributed by atoms with Crippen molar-refractivity contribution in [3.05, 3.63) is 27.9 Å². The molecule has 12 heavy (non-hydrogen) atoms. The Kier molecular flexibility index (Phi) is 2.07. The highest BCUT2D eigenvalue weighted by Crippen LogP contribution is 2.19. The number of rotatable bonds is 1. The van der Waals surface area contributed by atoms with Crippen molar-refractivity contribution < 1.29 is 18.3 Å². The van der Waals surface area contributed by atoms with Crippen LogP contribution in [-0.4, -0.2) is 10.1 Å². The van der Waals surface area contributed by atoms with Crippen LogP contribution in [0, 0.1) is 5.82 Å². The number of pyridine rings is 1. The number of aromatic hydroxyl groups is 1. The Hall–Kier alpha value is -1.46. The quantitative estimate of drug-likeness (QED) is 0.679. The topological polar surface area (TPSA) is 53.1 Å². The highest BCUT2D eigenvalue weighted by Gasteiger charge is 2.15. The van der Waals surface area contributed by atoms with Crippen LogP contribution in [0.2, 0.25) is 0 Å². The fraction of sp³-hybridized carbons (Fsp3) is 0.167. The molecular formula is C6H4F3NO2. The van der Waals surface area contributed by atoms with Crippen LogP contribution in [0.25, 0.3) is 0 Å². The third-order valence-electron chi connectivity index (χ3n) is 1.22. The molecule has 2 N–H and O–H groups in total. The van der Waals surface area contributed by atoms with Crippen molar-refractivity contribution in [1.82, 2.24) is 4.98 Å². The van der Waals surface area contributed by atoms with E-state index in [2.05, 4.69) is 0 Å². The van der Waals surface area contributed by atoms with Crippen LogP contribution in [0.5, 0.6) is 5.75 Å². The maximum absolute atomic E-state index is 12.5. The predicted molar refractivity (Wildman–Crippen MR) is 33.6 cm³/mol. The predicted octanol–water partition coefficient (Wildman–Crippen LogP) is 1.16. The Balaban J connectivity index is 3.33. The number of H-pyrrole nitrogens is 1. The van der Waals surface area contributed by atoms with Gasteiger partial charge < -0.3 is 10.1 Å². The fourth-order valence-electron chi connectivity index (χ4n) is 0.668. The van der Waals surface area contributed by atoms with E-state index in [-0.39, 0.29) is 0 Å². The Morgan fingerprint density at radius 1 is 1.50 bits per heavy atom. The summed E-state index contributed by atoms with van der Waals surface area (Å²) in [6, 6.07) is 0.348. The van der Waals surface area contributed by atoms with Gasteiger partial charge in [-0.05, 0) is 0 Å². The Labute approximate surface area is 64.5 Å². The lowest BCUT2D eigenvalue weighted by atomic mass is 10.3. The van der Waals surface area contributed by atoms with Crippen molar-refractivity contribution in [3.8, 4) is 5.75 Å². The first-order chi connectivity index (χ1) is 5.52. The Morgan fingerprint density at radius 3 is 2.58 bits per heavy atom. The van der Waals surface area contributed by atoms with Gasteiger partial charge in [0.05, 0.1) is 0 Å². The molecule has 0 saturated carbocycles. The third-order valence-corrected chi connectivity index (χ3v) is 1.22. The summed E-state index contributed by atoms with van der Waals surface area (Å²) >= 11 is 0. The first-order valence-corrected chi connectivity index (χ1v) is 2.92. The molecule has 66 valence electrons. The zero-order valence-electron chi connectivity index (χ0n) is 5.64. The summed E-state index contributed by atoms with van der Waals surface area (Å²) in [5, 5.41) is 8.58. The van der Waals surface area contributed by atoms with Gasteiger partial charge in [0.15, 0.2) is 11.6 Å². The second kappa shape index (κ2) is 2.88. The average molecular weight is 179 g/mol. The first-order valence-electron chi connectivity index (χ1n) is 2.92. The zero-order valence-corrected chi connectivity index (χ0v) is 5.64. The van der Waals surface area contributed by atoms with E-state index < -0.39 is 29.2 Å². The van der Waals surface area contributed by atoms with Crippen LogP contribution in [-0.2, 0) is 0 Å². The summed E-state index contributed by atoms with van der Waals surface area (Å²) in [5.41, 5.74) is -2.25. The Bertz CT molecular complexity index is 347. The lowest BCUT2D eigenvalue weighted by Gasteiger charge is -2.00. The molecule has 0 aromatic carbocycles. The van der Waals surface area contributed by atoms with Crippen LogP contribution >= 0.6 is 0 Å². The van der Waals surface area contributed by atoms with E-state index >= 15 is 0 Å². The second-order valence-electron chi connectivity index (χ2n) is 2.05. The first kappa shape index (κ1) is 8.63. The SMILES string of the molecule is O=c1[nH]c(C(F)F)c(F)cc1O. The zero-order chi connectivity index (χ0) is 9.30. The van der Waals surface area contributed by atoms with E-state index in [0.29, 0.717) is 6.07 Å². The summed E-state index contributed by atoms with van der Waals surface area (Å²) in [6.45, 7) is 0. The minimum Gasteiger partial charge on any atom is -0.503 e. The molecule has 0 aliphatic rings. The van der Waals surface area contributed by atoms with E-state index in [1.807, 2.05) is 0 Å². The molecular weight excluding hydrogens is 175 g/mol. The van der Waals surface area contributed by atoms with E-state index in [0.717, 1.165) is 0 Å². The summed E-state index contributed by atoms with van der Waals surface area (Å²) in [6.07, 6.45) is -3.10. The van der Waals surface area contributed by atoms with Crippen LogP contribution in [0.3, 0.4) is 0 Å². The van der Waals surface area contributed by atoms with E-state index in [4.69, 9.17) is 5.11 Å². The molecule has 0 amide bonds. The number of hydrogen-bond acceptors (Lipinski definition) is 2. The molecule has 0 fully saturated rings. The normalized spacial score (nSPS) is 10.7. The average Bonchev–Trinajstić information content (AvgIpc) is 1.96. The molecule has 0 aliphatic heterocycles. The van der Waals surface area contributed by atoms with Crippen LogP contribution in [0.15, 0.2) is 10.9 Å². The molecule has 0 spiro atoms. The third kappa shape index (κ3) is 1.41. The van der Waals surface area contributed by atoms with Crippen LogP contribution in [0.4, 0.5) is 13.2 Å². The van der Waals surface area contributed by atoms with Gasteiger partial charge in [-0.1, -0.05) is 0 Å². The molecule has 1 rings (SSSR count). The molecule has 1 aromatic heterocycles. The molecule has 6 heteroatoms. The van der Waals surface area contributed by atoms with Gasteiger partial charge in [-0.3, -0.25) is 4.79 Å². The number of alkyl halides is 2. The van der Waals surface area contributed by atoms with Crippen LogP contribution in [0.1, 0.15) is 12.1 Å². The number of nitrogens with one attached hydrogen (secondary N) is 1. The van der Waals surface area contributed by atoms with Gasteiger partial charge in [0.2, 0.25) is 0 Å². The minimum absolute atomic E-state index is 0.348. The molecule has 1 heterocycles. The number of hydrogen-bond donors (Lipinski definition) is 2. The summed E-state index contributed by atoms with van der Waals surface area (Å²) in [7, 11) is 0. The molecule has 0 radical (unpaired) electrons. The maximum Gasteiger partial charge on any atom is 0.290 e. The largest absolute Gasteiger partial charge is 0.503 e. The summed E-state index contributed by atoms with van der Waals surface area (Å²) in [5.74, 6) is -2.25. The summed E-state index contributed by atoms with van der Waals surface area (Å²) < 4.78 is 36.2. The van der Waals surface area contributed by atoms with Gasteiger partial charge in [0.1, 0.15) is 5.69 Å². The molecule has 1 aromatic rings. The number of aromatic nitrogens is 1. The van der Waals surface area contributed by atoms with E-state index in [1.165, 1.54) is 4.98 Å². The maximum atomic E-state index is 12.5. The van der Waals surface area contributed by atoms with Gasteiger partial charge in [-0.15, -0.1) is 0 Å². The second-order valence-corrected chi connectivity index (χ2v) is 2.05. The monoisotopic (exact) mass is 179 g/mol. The highest BCUT2D eigenvalue weighted by molar-refractivity contribution is 5.20. The molecule has 0 unspecified atom stereocenters. The van der Waals surface area contributed by atoms with Gasteiger partial charge in [-0.25, -0.2) is 13.2 Å². The van der Waals surface area contributed by atoms with Crippen molar-refractivity contribution in [2.24, 2.45) is 0 Å². The smallest absolute Gasteiger partial charge is 0.290 e. The van der Waals surface area contributed by atoms with Crippen molar-refractivity contribution in [1.29, 1.82) is 0 Å². The molecule has 0 aliphatic carbocycles. The van der Waals surface area contributed by atoms with E-state index in [1.54, 1.807) is 0 Å². The van der Waals surface area contributed by atoms with Gasteiger partial charge in [0.25, 0.3) is 12.0 Å². The minimum atomic E-state index is -3.10. The Morgan fingerprint density at radius 2 is 2.08 bits per heavy atom. The van der Waals surface area contributed by atoms with E-state index in [9.17, 15) is 18.0 Å². The van der Waals surface area contributed by atoms with Gasteiger partial charge in [0, 0.05) is 6.07 Å². The standard InChI is InChI=1S/C6H4F3NO2/c7-2-1-3(11)6(12)10-4(2)5(8)9/h1,5,11H,(H,10,12). The van der Waals surface area contributed by atoms with Crippen LogP contribution < -0.4 is 5.56 Å². The molecule has 3 nitrogen and oxygen atoms in total. The molecule has 0 atom stereocenters. The van der Waals surface area contributed by atoms with Crippen molar-refractivity contribution in [2.75, 3.05) is 0 Å². The van der Waals surface area contributed by atoms with Crippen molar-refractivity contribution >= 4 is 0 Å². The highest BCUT2D eigenvalue weighted by atomic mass is 19.3. The lowest BCUT2D eigenvalue weighted by Crippen LogP contribution is -2.10. The van der Waals surface area contributed by atoms with Gasteiger partial charge >= 0.3 is 0 Å². The fourth-order valence-corrected chi connectivity index (χ4v) is 0.668. The molecule has 0 bridgehead atoms. The number of halogens is 3. The molecule has 0 saturated heterocycles. The van der Waals surface area contributed by atoms with Gasteiger partial charge in [-0.2, -0.15) is 0 Å².